The Labute approximate surface area is 131 Å². The van der Waals surface area contributed by atoms with Crippen molar-refractivity contribution in [2.75, 3.05) is 26.2 Å². The highest BCUT2D eigenvalue weighted by atomic mass is 35.5. The predicted molar refractivity (Wildman–Crippen MR) is 84.2 cm³/mol. The number of carbonyl (C=O) groups excluding carboxylic acids is 1. The van der Waals surface area contributed by atoms with Crippen molar-refractivity contribution in [2.24, 2.45) is 0 Å². The molecule has 1 N–H and O–H groups in total. The van der Waals surface area contributed by atoms with Crippen molar-refractivity contribution in [3.63, 3.8) is 0 Å². The van der Waals surface area contributed by atoms with Gasteiger partial charge < -0.3 is 4.90 Å². The van der Waals surface area contributed by atoms with Crippen LogP contribution in [-0.2, 0) is 4.79 Å². The first-order chi connectivity index (χ1) is 10.2. The van der Waals surface area contributed by atoms with Crippen LogP contribution in [0, 0.1) is 0 Å². The second kappa shape index (κ2) is 6.34. The van der Waals surface area contributed by atoms with Crippen LogP contribution in [0.25, 0.3) is 0 Å². The monoisotopic (exact) mass is 307 g/mol. The molecular weight excluding hydrogens is 286 g/mol. The summed E-state index contributed by atoms with van der Waals surface area (Å²) in [5, 5.41) is 4.04. The summed E-state index contributed by atoms with van der Waals surface area (Å²) < 4.78 is 0. The number of amides is 1. The molecule has 1 aromatic carbocycles. The second-order valence-corrected chi connectivity index (χ2v) is 6.24. The first kappa shape index (κ1) is 14.8. The maximum Gasteiger partial charge on any atom is 0.238 e. The summed E-state index contributed by atoms with van der Waals surface area (Å²) in [6.45, 7) is 5.64. The van der Waals surface area contributed by atoms with Crippen molar-refractivity contribution in [1.82, 2.24) is 15.1 Å². The Balaban J connectivity index is 1.75. The number of nitrogens with one attached hydrogen (secondary N) is 1. The highest BCUT2D eigenvalue weighted by Gasteiger charge is 2.35. The van der Waals surface area contributed by atoms with Gasteiger partial charge in [-0.15, -0.1) is 0 Å². The minimum atomic E-state index is -0.0194. The fourth-order valence-electron chi connectivity index (χ4n) is 3.44. The average molecular weight is 308 g/mol. The van der Waals surface area contributed by atoms with Crippen molar-refractivity contribution in [3.8, 4) is 0 Å². The average Bonchev–Trinajstić information content (AvgIpc) is 3.08. The van der Waals surface area contributed by atoms with E-state index in [-0.39, 0.29) is 12.1 Å². The summed E-state index contributed by atoms with van der Waals surface area (Å²) in [7, 11) is 0. The molecule has 0 aliphatic carbocycles. The maximum atomic E-state index is 12.2. The van der Waals surface area contributed by atoms with Gasteiger partial charge in [-0.3, -0.25) is 15.0 Å². The lowest BCUT2D eigenvalue weighted by Crippen LogP contribution is -2.42. The normalized spacial score (nSPS) is 26.8. The van der Waals surface area contributed by atoms with Crippen LogP contribution < -0.4 is 5.32 Å². The molecule has 114 valence electrons. The molecule has 0 bridgehead atoms. The van der Waals surface area contributed by atoms with Crippen LogP contribution in [-0.4, -0.2) is 47.9 Å². The van der Waals surface area contributed by atoms with Gasteiger partial charge in [0.25, 0.3) is 0 Å². The van der Waals surface area contributed by atoms with Crippen molar-refractivity contribution in [1.29, 1.82) is 0 Å². The number of carbonyl (C=O) groups is 1. The molecule has 2 fully saturated rings. The molecule has 3 rings (SSSR count). The van der Waals surface area contributed by atoms with E-state index in [1.54, 1.807) is 0 Å². The molecule has 1 aromatic rings. The third kappa shape index (κ3) is 3.07. The zero-order valence-corrected chi connectivity index (χ0v) is 13.1. The molecule has 5 heteroatoms. The van der Waals surface area contributed by atoms with Gasteiger partial charge in [0.15, 0.2) is 0 Å². The number of likely N-dealkylation sites (N-methyl/N-ethyl adjacent to an activating group) is 1. The number of likely N-dealkylation sites (tertiary alicyclic amines) is 1. The van der Waals surface area contributed by atoms with E-state index >= 15 is 0 Å². The fraction of sp³-hybridized carbons (Fsp3) is 0.562. The third-order valence-corrected chi connectivity index (χ3v) is 4.83. The van der Waals surface area contributed by atoms with Crippen molar-refractivity contribution in [2.45, 2.75) is 32.0 Å². The summed E-state index contributed by atoms with van der Waals surface area (Å²) in [5.41, 5.74) is 1.10. The molecule has 2 atom stereocenters. The summed E-state index contributed by atoms with van der Waals surface area (Å²) in [6.07, 6.45) is 2.40. The Morgan fingerprint density at radius 2 is 2.10 bits per heavy atom. The molecule has 2 aliphatic rings. The molecule has 2 saturated heterocycles. The van der Waals surface area contributed by atoms with Gasteiger partial charge in [-0.1, -0.05) is 30.7 Å². The van der Waals surface area contributed by atoms with Crippen LogP contribution in [0.4, 0.5) is 0 Å². The smallest absolute Gasteiger partial charge is 0.238 e. The summed E-state index contributed by atoms with van der Waals surface area (Å²) in [5.74, 6) is 0.193. The molecule has 0 radical (unpaired) electrons. The standard InChI is InChI=1S/C16H22ClN3O/c1-2-19-9-3-4-14(19)11-20-15(21)10-18-16(20)12-5-7-13(17)8-6-12/h5-8,14,16,18H,2-4,9-11H2,1H3. The van der Waals surface area contributed by atoms with Gasteiger partial charge in [0.1, 0.15) is 6.17 Å². The van der Waals surface area contributed by atoms with Crippen molar-refractivity contribution < 1.29 is 4.79 Å². The van der Waals surface area contributed by atoms with Gasteiger partial charge in [0.2, 0.25) is 5.91 Å². The zero-order chi connectivity index (χ0) is 14.8. The first-order valence-corrected chi connectivity index (χ1v) is 8.09. The van der Waals surface area contributed by atoms with Gasteiger partial charge in [-0.25, -0.2) is 0 Å². The minimum Gasteiger partial charge on any atom is -0.320 e. The maximum absolute atomic E-state index is 12.2. The van der Waals surface area contributed by atoms with Crippen LogP contribution in [0.2, 0.25) is 5.02 Å². The van der Waals surface area contributed by atoms with Crippen LogP contribution in [0.5, 0.6) is 0 Å². The Morgan fingerprint density at radius 1 is 1.33 bits per heavy atom. The molecule has 21 heavy (non-hydrogen) atoms. The van der Waals surface area contributed by atoms with E-state index < -0.39 is 0 Å². The molecule has 1 amide bonds. The predicted octanol–water partition coefficient (Wildman–Crippen LogP) is 2.25. The van der Waals surface area contributed by atoms with Gasteiger partial charge in [0, 0.05) is 17.6 Å². The molecule has 2 heterocycles. The van der Waals surface area contributed by atoms with Gasteiger partial charge in [-0.2, -0.15) is 0 Å². The molecule has 0 saturated carbocycles. The Bertz CT molecular complexity index is 505. The largest absolute Gasteiger partial charge is 0.320 e. The van der Waals surface area contributed by atoms with Crippen LogP contribution in [0.1, 0.15) is 31.5 Å². The van der Waals surface area contributed by atoms with Crippen LogP contribution >= 0.6 is 11.6 Å². The number of hydrogen-bond acceptors (Lipinski definition) is 3. The van der Waals surface area contributed by atoms with Gasteiger partial charge in [-0.05, 0) is 43.6 Å². The topological polar surface area (TPSA) is 35.6 Å². The zero-order valence-electron chi connectivity index (χ0n) is 12.4. The molecular formula is C16H22ClN3O. The second-order valence-electron chi connectivity index (χ2n) is 5.81. The number of benzene rings is 1. The van der Waals surface area contributed by atoms with Crippen molar-refractivity contribution >= 4 is 17.5 Å². The van der Waals surface area contributed by atoms with Crippen LogP contribution in [0.3, 0.4) is 0 Å². The lowest BCUT2D eigenvalue weighted by molar-refractivity contribution is -0.128. The van der Waals surface area contributed by atoms with Crippen molar-refractivity contribution in [3.05, 3.63) is 34.9 Å². The lowest BCUT2D eigenvalue weighted by atomic mass is 10.1. The van der Waals surface area contributed by atoms with Gasteiger partial charge >= 0.3 is 0 Å². The van der Waals surface area contributed by atoms with E-state index in [1.807, 2.05) is 29.2 Å². The number of rotatable bonds is 4. The molecule has 0 spiro atoms. The van der Waals surface area contributed by atoms with E-state index in [2.05, 4.69) is 17.1 Å². The SMILES string of the molecule is CCN1CCCC1CN1C(=O)CNC1c1ccc(Cl)cc1. The Hall–Kier alpha value is -1.10. The lowest BCUT2D eigenvalue weighted by Gasteiger charge is -2.31. The molecule has 2 aliphatic heterocycles. The fourth-order valence-corrected chi connectivity index (χ4v) is 3.56. The van der Waals surface area contributed by atoms with E-state index in [0.717, 1.165) is 30.2 Å². The summed E-state index contributed by atoms with van der Waals surface area (Å²) in [4.78, 5) is 16.7. The number of halogens is 1. The minimum absolute atomic E-state index is 0.0194. The summed E-state index contributed by atoms with van der Waals surface area (Å²) >= 11 is 5.95. The first-order valence-electron chi connectivity index (χ1n) is 7.71. The van der Waals surface area contributed by atoms with E-state index in [4.69, 9.17) is 11.6 Å². The number of nitrogens with zero attached hydrogens (tertiary/aromatic N) is 2. The highest BCUT2D eigenvalue weighted by molar-refractivity contribution is 6.30. The molecule has 0 aromatic heterocycles. The van der Waals surface area contributed by atoms with E-state index in [1.165, 1.54) is 12.8 Å². The highest BCUT2D eigenvalue weighted by Crippen LogP contribution is 2.27. The Morgan fingerprint density at radius 3 is 2.81 bits per heavy atom. The van der Waals surface area contributed by atoms with Crippen LogP contribution in [0.15, 0.2) is 24.3 Å². The third-order valence-electron chi connectivity index (χ3n) is 4.58. The molecule has 4 nitrogen and oxygen atoms in total. The molecule has 2 unspecified atom stereocenters. The quantitative estimate of drug-likeness (QED) is 0.927. The Kier molecular flexibility index (Phi) is 4.48. The number of hydrogen-bond donors (Lipinski definition) is 1. The summed E-state index contributed by atoms with van der Waals surface area (Å²) in [6, 6.07) is 8.25. The van der Waals surface area contributed by atoms with Gasteiger partial charge in [0.05, 0.1) is 6.54 Å². The van der Waals surface area contributed by atoms with E-state index in [9.17, 15) is 4.79 Å². The van der Waals surface area contributed by atoms with E-state index in [0.29, 0.717) is 12.6 Å².